The Morgan fingerprint density at radius 1 is 1.00 bits per heavy atom. The molecule has 4 nitrogen and oxygen atoms in total. The number of hydrogen-bond acceptors (Lipinski definition) is 2. The van der Waals surface area contributed by atoms with Gasteiger partial charge in [-0.15, -0.1) is 0 Å². The van der Waals surface area contributed by atoms with Gasteiger partial charge >= 0.3 is 0 Å². The maximum Gasteiger partial charge on any atom is 0.254 e. The van der Waals surface area contributed by atoms with Gasteiger partial charge in [0.15, 0.2) is 0 Å². The summed E-state index contributed by atoms with van der Waals surface area (Å²) >= 11 is 0. The Labute approximate surface area is 173 Å². The molecule has 3 rings (SSSR count). The Morgan fingerprint density at radius 3 is 2.31 bits per heavy atom. The highest BCUT2D eigenvalue weighted by Gasteiger charge is 2.32. The van der Waals surface area contributed by atoms with Gasteiger partial charge in [0.25, 0.3) is 11.8 Å². The lowest BCUT2D eigenvalue weighted by Crippen LogP contribution is -2.44. The van der Waals surface area contributed by atoms with Crippen molar-refractivity contribution in [1.82, 2.24) is 10.2 Å². The molecule has 2 aromatic rings. The molecule has 0 saturated heterocycles. The summed E-state index contributed by atoms with van der Waals surface area (Å²) in [6.45, 7) is 2.63. The van der Waals surface area contributed by atoms with E-state index in [0.29, 0.717) is 12.1 Å². The second-order valence-corrected chi connectivity index (χ2v) is 7.50. The predicted octanol–water partition coefficient (Wildman–Crippen LogP) is 5.24. The molecule has 0 radical (unpaired) electrons. The van der Waals surface area contributed by atoms with Crippen LogP contribution in [0, 0.1) is 0 Å². The lowest BCUT2D eigenvalue weighted by Gasteiger charge is -2.32. The molecule has 0 heterocycles. The molecule has 1 atom stereocenters. The molecule has 0 aromatic heterocycles. The van der Waals surface area contributed by atoms with Crippen LogP contribution in [0.15, 0.2) is 72.4 Å². The van der Waals surface area contributed by atoms with E-state index in [0.717, 1.165) is 49.8 Å². The van der Waals surface area contributed by atoms with E-state index < -0.39 is 6.04 Å². The Kier molecular flexibility index (Phi) is 7.62. The first-order chi connectivity index (χ1) is 14.2. The zero-order chi connectivity index (χ0) is 20.5. The molecule has 152 valence electrons. The molecule has 2 amide bonds. The molecule has 0 fully saturated rings. The number of benzene rings is 2. The third kappa shape index (κ3) is 5.57. The van der Waals surface area contributed by atoms with E-state index in [4.69, 9.17) is 0 Å². The fourth-order valence-corrected chi connectivity index (χ4v) is 3.71. The van der Waals surface area contributed by atoms with E-state index in [1.54, 1.807) is 4.90 Å². The minimum Gasteiger partial charge on any atom is -0.328 e. The number of hydrogen-bond donors (Lipinski definition) is 1. The topological polar surface area (TPSA) is 49.4 Å². The van der Waals surface area contributed by atoms with Gasteiger partial charge in [-0.05, 0) is 49.8 Å². The van der Waals surface area contributed by atoms with Crippen molar-refractivity contribution in [2.24, 2.45) is 0 Å². The van der Waals surface area contributed by atoms with Crippen molar-refractivity contribution in [3.05, 3.63) is 83.6 Å². The van der Waals surface area contributed by atoms with E-state index in [-0.39, 0.29) is 11.8 Å². The highest BCUT2D eigenvalue weighted by Crippen LogP contribution is 2.25. The lowest BCUT2D eigenvalue weighted by atomic mass is 10.0. The average molecular weight is 391 g/mol. The van der Waals surface area contributed by atoms with Crippen LogP contribution in [0.25, 0.3) is 0 Å². The first-order valence-electron chi connectivity index (χ1n) is 10.6. The predicted molar refractivity (Wildman–Crippen MR) is 116 cm³/mol. The Bertz CT molecular complexity index is 830. The van der Waals surface area contributed by atoms with Crippen LogP contribution in [0.4, 0.5) is 0 Å². The summed E-state index contributed by atoms with van der Waals surface area (Å²) in [4.78, 5) is 28.5. The summed E-state index contributed by atoms with van der Waals surface area (Å²) in [6, 6.07) is 18.2. The number of amides is 2. The van der Waals surface area contributed by atoms with E-state index >= 15 is 0 Å². The minimum absolute atomic E-state index is 0.110. The van der Waals surface area contributed by atoms with Gasteiger partial charge in [0.05, 0.1) is 0 Å². The van der Waals surface area contributed by atoms with Gasteiger partial charge in [-0.25, -0.2) is 0 Å². The van der Waals surface area contributed by atoms with Crippen molar-refractivity contribution in [1.29, 1.82) is 0 Å². The Morgan fingerprint density at radius 2 is 1.69 bits per heavy atom. The van der Waals surface area contributed by atoms with E-state index in [1.165, 1.54) is 0 Å². The van der Waals surface area contributed by atoms with Crippen LogP contribution in [0.3, 0.4) is 0 Å². The summed E-state index contributed by atoms with van der Waals surface area (Å²) < 4.78 is 0. The first kappa shape index (κ1) is 20.8. The number of unbranched alkanes of at least 4 members (excludes halogenated alkanes) is 1. The molecule has 0 spiro atoms. The van der Waals surface area contributed by atoms with Crippen molar-refractivity contribution in [3.63, 3.8) is 0 Å². The highest BCUT2D eigenvalue weighted by molar-refractivity contribution is 5.98. The third-order valence-corrected chi connectivity index (χ3v) is 5.28. The average Bonchev–Trinajstić information content (AvgIpc) is 2.78. The van der Waals surface area contributed by atoms with E-state index in [9.17, 15) is 9.59 Å². The smallest absolute Gasteiger partial charge is 0.254 e. The third-order valence-electron chi connectivity index (χ3n) is 5.28. The van der Waals surface area contributed by atoms with Gasteiger partial charge in [0, 0.05) is 17.8 Å². The summed E-state index contributed by atoms with van der Waals surface area (Å²) in [5.74, 6) is -0.245. The van der Waals surface area contributed by atoms with Crippen LogP contribution in [-0.2, 0) is 4.79 Å². The monoisotopic (exact) mass is 390 g/mol. The summed E-state index contributed by atoms with van der Waals surface area (Å²) in [6.07, 6.45) is 8.04. The van der Waals surface area contributed by atoms with Crippen LogP contribution in [0.1, 0.15) is 67.4 Å². The van der Waals surface area contributed by atoms with Crippen molar-refractivity contribution in [2.45, 2.75) is 51.5 Å². The Hall–Kier alpha value is -2.88. The second-order valence-electron chi connectivity index (χ2n) is 7.50. The largest absolute Gasteiger partial charge is 0.328 e. The Balaban J connectivity index is 1.94. The maximum atomic E-state index is 13.4. The number of nitrogens with one attached hydrogen (secondary N) is 1. The fourth-order valence-electron chi connectivity index (χ4n) is 3.71. The molecule has 2 aromatic carbocycles. The van der Waals surface area contributed by atoms with Gasteiger partial charge in [-0.1, -0.05) is 68.0 Å². The van der Waals surface area contributed by atoms with Crippen molar-refractivity contribution in [3.8, 4) is 0 Å². The molecule has 29 heavy (non-hydrogen) atoms. The minimum atomic E-state index is -0.654. The number of nitrogens with zero attached hydrogens (tertiary/aromatic N) is 1. The highest BCUT2D eigenvalue weighted by atomic mass is 16.2. The molecular formula is C25H30N2O2. The van der Waals surface area contributed by atoms with E-state index in [1.807, 2.05) is 60.7 Å². The molecular weight excluding hydrogens is 360 g/mol. The van der Waals surface area contributed by atoms with E-state index in [2.05, 4.69) is 18.3 Å². The van der Waals surface area contributed by atoms with Crippen LogP contribution >= 0.6 is 0 Å². The van der Waals surface area contributed by atoms with Gasteiger partial charge < -0.3 is 10.2 Å². The second kappa shape index (κ2) is 10.6. The van der Waals surface area contributed by atoms with Crippen LogP contribution in [-0.4, -0.2) is 23.3 Å². The molecule has 1 N–H and O–H groups in total. The van der Waals surface area contributed by atoms with Crippen molar-refractivity contribution >= 4 is 11.8 Å². The zero-order valence-electron chi connectivity index (χ0n) is 17.1. The summed E-state index contributed by atoms with van der Waals surface area (Å²) in [5.41, 5.74) is 2.42. The molecule has 1 aliphatic rings. The summed E-state index contributed by atoms with van der Waals surface area (Å²) in [5, 5.41) is 3.11. The maximum absolute atomic E-state index is 13.4. The van der Waals surface area contributed by atoms with Gasteiger partial charge in [-0.2, -0.15) is 0 Å². The van der Waals surface area contributed by atoms with Gasteiger partial charge in [-0.3, -0.25) is 9.59 Å². The fraction of sp³-hybridized carbons (Fsp3) is 0.360. The van der Waals surface area contributed by atoms with Crippen LogP contribution in [0.2, 0.25) is 0 Å². The standard InChI is InChI=1S/C25H30N2O2/c1-2-3-19-27(25(29)21-15-9-5-10-16-21)23(20-13-7-4-8-14-20)24(28)26-22-17-11-6-12-18-22/h4-5,7-10,13-17,23H,2-3,6,11-12,18-19H2,1H3,(H,26,28). The lowest BCUT2D eigenvalue weighted by molar-refractivity contribution is -0.125. The summed E-state index contributed by atoms with van der Waals surface area (Å²) in [7, 11) is 0. The SMILES string of the molecule is CCCCN(C(=O)c1ccccc1)C(C(=O)NC1=CCCCC1)c1ccccc1. The quantitative estimate of drug-likeness (QED) is 0.670. The van der Waals surface area contributed by atoms with Crippen molar-refractivity contribution in [2.75, 3.05) is 6.54 Å². The number of rotatable bonds is 8. The molecule has 4 heteroatoms. The van der Waals surface area contributed by atoms with Crippen molar-refractivity contribution < 1.29 is 9.59 Å². The molecule has 1 unspecified atom stereocenters. The molecule has 1 aliphatic carbocycles. The molecule has 0 aliphatic heterocycles. The van der Waals surface area contributed by atoms with Gasteiger partial charge in [0.2, 0.25) is 0 Å². The van der Waals surface area contributed by atoms with Crippen LogP contribution < -0.4 is 5.32 Å². The number of carbonyl (C=O) groups excluding carboxylic acids is 2. The number of carbonyl (C=O) groups is 2. The first-order valence-corrected chi connectivity index (χ1v) is 10.6. The normalized spacial score (nSPS) is 14.6. The molecule has 0 saturated carbocycles. The molecule has 0 bridgehead atoms. The van der Waals surface area contributed by atoms with Gasteiger partial charge in [0.1, 0.15) is 6.04 Å². The number of allylic oxidation sites excluding steroid dienone is 2. The van der Waals surface area contributed by atoms with Crippen LogP contribution in [0.5, 0.6) is 0 Å². The zero-order valence-corrected chi connectivity index (χ0v) is 17.1.